The molecule has 1 aromatic carbocycles. The van der Waals surface area contributed by atoms with Gasteiger partial charge in [-0.3, -0.25) is 4.84 Å². The van der Waals surface area contributed by atoms with E-state index in [1.807, 2.05) is 6.07 Å². The van der Waals surface area contributed by atoms with Crippen LogP contribution in [0.2, 0.25) is 0 Å². The van der Waals surface area contributed by atoms with E-state index in [2.05, 4.69) is 53.1 Å². The van der Waals surface area contributed by atoms with E-state index >= 15 is 0 Å². The lowest BCUT2D eigenvalue weighted by Gasteiger charge is -2.27. The van der Waals surface area contributed by atoms with Gasteiger partial charge in [0.05, 0.1) is 0 Å². The molecule has 100 valence electrons. The summed E-state index contributed by atoms with van der Waals surface area (Å²) in [6.07, 6.45) is -0.159. The molecule has 0 saturated carbocycles. The summed E-state index contributed by atoms with van der Waals surface area (Å²) in [7, 11) is 0. The molecule has 0 amide bonds. The van der Waals surface area contributed by atoms with Crippen molar-refractivity contribution in [3.05, 3.63) is 28.8 Å². The Morgan fingerprint density at radius 2 is 1.61 bits per heavy atom. The first-order valence-electron chi connectivity index (χ1n) is 6.40. The molecule has 1 saturated heterocycles. The molecular weight excluding hydrogens is 226 g/mol. The van der Waals surface area contributed by atoms with Crippen LogP contribution in [0.1, 0.15) is 64.5 Å². The maximum atomic E-state index is 10.4. The zero-order chi connectivity index (χ0) is 13.7. The highest BCUT2D eigenvalue weighted by Gasteiger charge is 2.33. The smallest absolute Gasteiger partial charge is 0.180 e. The van der Waals surface area contributed by atoms with E-state index in [1.165, 1.54) is 5.56 Å². The van der Waals surface area contributed by atoms with E-state index in [0.29, 0.717) is 5.75 Å². The van der Waals surface area contributed by atoms with Gasteiger partial charge in [0.15, 0.2) is 6.23 Å². The third kappa shape index (κ3) is 2.52. The summed E-state index contributed by atoms with van der Waals surface area (Å²) < 4.78 is 0. The van der Waals surface area contributed by atoms with Crippen LogP contribution in [-0.2, 0) is 15.7 Å². The number of nitrogens with one attached hydrogen (secondary N) is 1. The van der Waals surface area contributed by atoms with Crippen LogP contribution in [0.4, 0.5) is 0 Å². The number of hydroxylamine groups is 1. The van der Waals surface area contributed by atoms with Crippen molar-refractivity contribution in [3.63, 3.8) is 0 Å². The molecule has 0 aromatic heterocycles. The van der Waals surface area contributed by atoms with Gasteiger partial charge in [0.1, 0.15) is 5.75 Å². The highest BCUT2D eigenvalue weighted by molar-refractivity contribution is 5.50. The monoisotopic (exact) mass is 249 g/mol. The lowest BCUT2D eigenvalue weighted by atomic mass is 9.79. The summed E-state index contributed by atoms with van der Waals surface area (Å²) in [5.74, 6) is 0.352. The van der Waals surface area contributed by atoms with Crippen LogP contribution < -0.4 is 5.48 Å². The highest BCUT2D eigenvalue weighted by Crippen LogP contribution is 2.42. The third-order valence-corrected chi connectivity index (χ3v) is 3.33. The van der Waals surface area contributed by atoms with Gasteiger partial charge in [0.25, 0.3) is 0 Å². The molecule has 0 spiro atoms. The Bertz CT molecular complexity index is 463. The molecule has 2 rings (SSSR count). The molecule has 1 aliphatic rings. The first-order valence-corrected chi connectivity index (χ1v) is 6.40. The van der Waals surface area contributed by atoms with Crippen molar-refractivity contribution in [2.45, 2.75) is 58.6 Å². The van der Waals surface area contributed by atoms with E-state index in [1.54, 1.807) is 0 Å². The molecule has 0 radical (unpaired) electrons. The van der Waals surface area contributed by atoms with Gasteiger partial charge in [-0.15, -0.1) is 0 Å². The topological polar surface area (TPSA) is 54.7 Å². The Morgan fingerprint density at radius 1 is 1.06 bits per heavy atom. The molecule has 1 aromatic rings. The molecular formula is C15H23NO2. The van der Waals surface area contributed by atoms with Gasteiger partial charge < -0.3 is 5.11 Å². The van der Waals surface area contributed by atoms with Gasteiger partial charge in [-0.1, -0.05) is 47.6 Å². The van der Waals surface area contributed by atoms with Gasteiger partial charge >= 0.3 is 0 Å². The summed E-state index contributed by atoms with van der Waals surface area (Å²) in [5.41, 5.74) is 5.79. The fourth-order valence-corrected chi connectivity index (χ4v) is 2.02. The average molecular weight is 249 g/mol. The lowest BCUT2D eigenvalue weighted by molar-refractivity contribution is 0.365. The Morgan fingerprint density at radius 3 is 2.00 bits per heavy atom. The van der Waals surface area contributed by atoms with Crippen LogP contribution in [0.3, 0.4) is 0 Å². The SMILES string of the molecule is CC(C)(C)c1cc(C2NO2)c(O)c(C(C)(C)C)c1. The van der Waals surface area contributed by atoms with Crippen molar-refractivity contribution in [2.24, 2.45) is 0 Å². The summed E-state index contributed by atoms with van der Waals surface area (Å²) in [6.45, 7) is 12.9. The molecule has 2 N–H and O–H groups in total. The fraction of sp³-hybridized carbons (Fsp3) is 0.600. The molecule has 18 heavy (non-hydrogen) atoms. The molecule has 1 unspecified atom stereocenters. The van der Waals surface area contributed by atoms with Crippen LogP contribution in [-0.4, -0.2) is 5.11 Å². The second-order valence-electron chi connectivity index (χ2n) is 7.08. The van der Waals surface area contributed by atoms with Gasteiger partial charge in [-0.05, 0) is 28.0 Å². The third-order valence-electron chi connectivity index (χ3n) is 3.33. The normalized spacial score (nSPS) is 20.0. The Hall–Kier alpha value is -1.06. The maximum absolute atomic E-state index is 10.4. The average Bonchev–Trinajstić information content (AvgIpc) is 2.97. The molecule has 1 fully saturated rings. The van der Waals surface area contributed by atoms with Crippen LogP contribution >= 0.6 is 0 Å². The molecule has 1 aliphatic heterocycles. The number of phenols is 1. The first-order chi connectivity index (χ1) is 8.10. The second kappa shape index (κ2) is 3.97. The number of hydrogen-bond acceptors (Lipinski definition) is 3. The Kier molecular flexibility index (Phi) is 2.95. The van der Waals surface area contributed by atoms with Crippen LogP contribution in [0.5, 0.6) is 5.75 Å². The molecule has 3 heteroatoms. The number of phenolic OH excluding ortho intramolecular Hbond substituents is 1. The summed E-state index contributed by atoms with van der Waals surface area (Å²) >= 11 is 0. The van der Waals surface area contributed by atoms with Gasteiger partial charge in [-0.2, -0.15) is 5.48 Å². The minimum absolute atomic E-state index is 0.0529. The zero-order valence-corrected chi connectivity index (χ0v) is 12.1. The summed E-state index contributed by atoms with van der Waals surface area (Å²) in [5, 5.41) is 10.4. The number of rotatable bonds is 1. The molecule has 0 aliphatic carbocycles. The summed E-state index contributed by atoms with van der Waals surface area (Å²) in [4.78, 5) is 5.10. The minimum Gasteiger partial charge on any atom is -0.507 e. The van der Waals surface area contributed by atoms with Crippen molar-refractivity contribution >= 4 is 0 Å². The Labute approximate surface area is 109 Å². The van der Waals surface area contributed by atoms with Gasteiger partial charge in [0.2, 0.25) is 0 Å². The van der Waals surface area contributed by atoms with Crippen molar-refractivity contribution in [1.29, 1.82) is 0 Å². The Balaban J connectivity index is 2.62. The quantitative estimate of drug-likeness (QED) is 0.749. The van der Waals surface area contributed by atoms with Crippen molar-refractivity contribution < 1.29 is 9.94 Å². The predicted molar refractivity (Wildman–Crippen MR) is 72.5 cm³/mol. The number of benzene rings is 1. The van der Waals surface area contributed by atoms with E-state index in [4.69, 9.17) is 4.84 Å². The number of hydrogen-bond donors (Lipinski definition) is 2. The largest absolute Gasteiger partial charge is 0.507 e. The van der Waals surface area contributed by atoms with E-state index in [0.717, 1.165) is 11.1 Å². The summed E-state index contributed by atoms with van der Waals surface area (Å²) in [6, 6.07) is 4.15. The first kappa shape index (κ1) is 13.4. The maximum Gasteiger partial charge on any atom is 0.180 e. The van der Waals surface area contributed by atoms with Crippen molar-refractivity contribution in [1.82, 2.24) is 5.48 Å². The predicted octanol–water partition coefficient (Wildman–Crippen LogP) is 3.52. The minimum atomic E-state index is -0.159. The molecule has 0 bridgehead atoms. The molecule has 1 atom stereocenters. The number of aromatic hydroxyl groups is 1. The fourth-order valence-electron chi connectivity index (χ4n) is 2.02. The standard InChI is InChI=1S/C15H23NO2/c1-14(2,3)9-7-10(13-16-18-13)12(17)11(8-9)15(4,5)6/h7-8,13,16-17H,1-6H3. The lowest BCUT2D eigenvalue weighted by Crippen LogP contribution is -2.17. The van der Waals surface area contributed by atoms with Crippen molar-refractivity contribution in [3.8, 4) is 5.75 Å². The zero-order valence-electron chi connectivity index (χ0n) is 12.1. The van der Waals surface area contributed by atoms with Gasteiger partial charge in [-0.25, -0.2) is 0 Å². The van der Waals surface area contributed by atoms with E-state index in [9.17, 15) is 5.11 Å². The van der Waals surface area contributed by atoms with Crippen LogP contribution in [0.25, 0.3) is 0 Å². The molecule has 3 nitrogen and oxygen atoms in total. The second-order valence-corrected chi connectivity index (χ2v) is 7.08. The molecule has 1 heterocycles. The van der Waals surface area contributed by atoms with E-state index < -0.39 is 0 Å². The van der Waals surface area contributed by atoms with Crippen LogP contribution in [0, 0.1) is 0 Å². The highest BCUT2D eigenvalue weighted by atomic mass is 16.8. The van der Waals surface area contributed by atoms with Gasteiger partial charge in [0, 0.05) is 5.56 Å². The van der Waals surface area contributed by atoms with Crippen LogP contribution in [0.15, 0.2) is 12.1 Å². The van der Waals surface area contributed by atoms with E-state index in [-0.39, 0.29) is 17.1 Å². The van der Waals surface area contributed by atoms with Crippen molar-refractivity contribution in [2.75, 3.05) is 0 Å².